The minimum atomic E-state index is -0.550. The van der Waals surface area contributed by atoms with Gasteiger partial charge in [0, 0.05) is 36.1 Å². The van der Waals surface area contributed by atoms with E-state index < -0.39 is 12.1 Å². The Bertz CT molecular complexity index is 774. The predicted molar refractivity (Wildman–Crippen MR) is 95.4 cm³/mol. The van der Waals surface area contributed by atoms with Crippen LogP contribution >= 0.6 is 11.6 Å². The molecule has 1 saturated heterocycles. The number of amides is 2. The summed E-state index contributed by atoms with van der Waals surface area (Å²) in [5.74, 6) is -0.358. The molecule has 2 unspecified atom stereocenters. The molecule has 2 atom stereocenters. The number of aromatic nitrogens is 2. The molecule has 1 fully saturated rings. The van der Waals surface area contributed by atoms with Crippen LogP contribution in [0, 0.1) is 0 Å². The fourth-order valence-corrected chi connectivity index (χ4v) is 3.11. The lowest BCUT2D eigenvalue weighted by atomic mass is 10.1. The first-order chi connectivity index (χ1) is 12.0. The molecule has 1 aliphatic rings. The summed E-state index contributed by atoms with van der Waals surface area (Å²) in [5.41, 5.74) is 1.53. The summed E-state index contributed by atoms with van der Waals surface area (Å²) in [7, 11) is 3.49. The number of likely N-dealkylation sites (N-methyl/N-ethyl adjacent to an activating group) is 1. The lowest BCUT2D eigenvalue weighted by Gasteiger charge is -2.19. The molecule has 7 nitrogen and oxygen atoms in total. The van der Waals surface area contributed by atoms with Crippen LogP contribution in [-0.2, 0) is 16.6 Å². The van der Waals surface area contributed by atoms with Gasteiger partial charge in [-0.2, -0.15) is 5.10 Å². The first-order valence-electron chi connectivity index (χ1n) is 8.02. The summed E-state index contributed by atoms with van der Waals surface area (Å²) in [4.78, 5) is 26.9. The van der Waals surface area contributed by atoms with Crippen molar-refractivity contribution in [2.75, 3.05) is 18.5 Å². The third kappa shape index (κ3) is 3.67. The molecule has 25 heavy (non-hydrogen) atoms. The van der Waals surface area contributed by atoms with Gasteiger partial charge in [0.2, 0.25) is 11.8 Å². The van der Waals surface area contributed by atoms with E-state index in [1.807, 2.05) is 0 Å². The molecule has 0 bridgehead atoms. The summed E-state index contributed by atoms with van der Waals surface area (Å²) < 4.78 is 1.63. The van der Waals surface area contributed by atoms with E-state index in [0.29, 0.717) is 18.0 Å². The van der Waals surface area contributed by atoms with Gasteiger partial charge in [0.1, 0.15) is 12.1 Å². The summed E-state index contributed by atoms with van der Waals surface area (Å²) in [6.45, 7) is 0.558. The zero-order valence-electron chi connectivity index (χ0n) is 14.1. The van der Waals surface area contributed by atoms with Crippen LogP contribution in [0.5, 0.6) is 0 Å². The molecular weight excluding hydrogens is 342 g/mol. The molecular formula is C17H20ClN5O2. The van der Waals surface area contributed by atoms with Crippen molar-refractivity contribution < 1.29 is 9.59 Å². The minimum Gasteiger partial charge on any atom is -0.343 e. The van der Waals surface area contributed by atoms with Crippen LogP contribution in [0.15, 0.2) is 36.7 Å². The van der Waals surface area contributed by atoms with Crippen molar-refractivity contribution in [3.05, 3.63) is 47.2 Å². The zero-order valence-corrected chi connectivity index (χ0v) is 14.8. The van der Waals surface area contributed by atoms with Gasteiger partial charge in [-0.15, -0.1) is 0 Å². The number of halogens is 1. The van der Waals surface area contributed by atoms with Crippen molar-refractivity contribution in [2.24, 2.45) is 7.05 Å². The maximum Gasteiger partial charge on any atom is 0.249 e. The standard InChI is InChI=1S/C17H20ClN5O2/c1-19-15(11-9-20-22(2)10-11)16(24)21-14-7-8-23(17(14)25)13-5-3-12(18)4-6-13/h3-6,9-10,14-15,19H,7-8H2,1-2H3,(H,21,24). The quantitative estimate of drug-likeness (QED) is 0.840. The summed E-state index contributed by atoms with van der Waals surface area (Å²) >= 11 is 5.89. The molecule has 0 aliphatic carbocycles. The summed E-state index contributed by atoms with van der Waals surface area (Å²) in [6.07, 6.45) is 3.98. The van der Waals surface area contributed by atoms with Crippen molar-refractivity contribution in [3.8, 4) is 0 Å². The van der Waals surface area contributed by atoms with Gasteiger partial charge < -0.3 is 15.5 Å². The highest BCUT2D eigenvalue weighted by Crippen LogP contribution is 2.24. The average molecular weight is 362 g/mol. The molecule has 0 saturated carbocycles. The number of anilines is 1. The Labute approximate surface area is 150 Å². The number of nitrogens with zero attached hydrogens (tertiary/aromatic N) is 3. The number of nitrogens with one attached hydrogen (secondary N) is 2. The lowest BCUT2D eigenvalue weighted by molar-refractivity contribution is -0.127. The molecule has 1 aromatic heterocycles. The van der Waals surface area contributed by atoms with Crippen molar-refractivity contribution in [1.82, 2.24) is 20.4 Å². The summed E-state index contributed by atoms with van der Waals surface area (Å²) in [6, 6.07) is 6.01. The van der Waals surface area contributed by atoms with E-state index >= 15 is 0 Å². The second-order valence-corrected chi connectivity index (χ2v) is 6.42. The first kappa shape index (κ1) is 17.4. The van der Waals surface area contributed by atoms with E-state index in [-0.39, 0.29) is 11.8 Å². The van der Waals surface area contributed by atoms with Crippen LogP contribution in [0.2, 0.25) is 5.02 Å². The third-order valence-corrected chi connectivity index (χ3v) is 4.52. The van der Waals surface area contributed by atoms with E-state index in [0.717, 1.165) is 11.3 Å². The number of carbonyl (C=O) groups excluding carboxylic acids is 2. The molecule has 2 amide bonds. The Balaban J connectivity index is 1.67. The first-order valence-corrected chi connectivity index (χ1v) is 8.40. The topological polar surface area (TPSA) is 79.3 Å². The number of carbonyl (C=O) groups is 2. The Hall–Kier alpha value is -2.38. The van der Waals surface area contributed by atoms with Gasteiger partial charge in [0.15, 0.2) is 0 Å². The molecule has 1 aromatic carbocycles. The maximum atomic E-state index is 12.6. The van der Waals surface area contributed by atoms with Crippen LogP contribution < -0.4 is 15.5 Å². The Morgan fingerprint density at radius 2 is 2.08 bits per heavy atom. The van der Waals surface area contributed by atoms with Crippen LogP contribution in [0.25, 0.3) is 0 Å². The molecule has 2 aromatic rings. The Morgan fingerprint density at radius 3 is 2.68 bits per heavy atom. The number of rotatable bonds is 5. The van der Waals surface area contributed by atoms with Gasteiger partial charge in [-0.3, -0.25) is 14.3 Å². The average Bonchev–Trinajstić information content (AvgIpc) is 3.16. The van der Waals surface area contributed by atoms with Gasteiger partial charge in [0.05, 0.1) is 6.20 Å². The lowest BCUT2D eigenvalue weighted by Crippen LogP contribution is -2.45. The van der Waals surface area contributed by atoms with E-state index in [4.69, 9.17) is 11.6 Å². The van der Waals surface area contributed by atoms with E-state index in [1.165, 1.54) is 0 Å². The fraction of sp³-hybridized carbons (Fsp3) is 0.353. The fourth-order valence-electron chi connectivity index (χ4n) is 2.98. The zero-order chi connectivity index (χ0) is 18.0. The summed E-state index contributed by atoms with van der Waals surface area (Å²) in [5, 5.41) is 10.5. The van der Waals surface area contributed by atoms with Gasteiger partial charge in [0.25, 0.3) is 0 Å². The third-order valence-electron chi connectivity index (χ3n) is 4.27. The second kappa shape index (κ2) is 7.25. The predicted octanol–water partition coefficient (Wildman–Crippen LogP) is 1.26. The molecule has 1 aliphatic heterocycles. The molecule has 2 N–H and O–H groups in total. The van der Waals surface area contributed by atoms with Crippen LogP contribution in [0.1, 0.15) is 18.0 Å². The normalized spacial score (nSPS) is 18.4. The molecule has 0 radical (unpaired) electrons. The van der Waals surface area contributed by atoms with Crippen molar-refractivity contribution in [3.63, 3.8) is 0 Å². The van der Waals surface area contributed by atoms with Crippen molar-refractivity contribution in [1.29, 1.82) is 0 Å². The van der Waals surface area contributed by atoms with Gasteiger partial charge in [-0.1, -0.05) is 11.6 Å². The van der Waals surface area contributed by atoms with Crippen LogP contribution in [0.4, 0.5) is 5.69 Å². The minimum absolute atomic E-state index is 0.114. The van der Waals surface area contributed by atoms with E-state index in [1.54, 1.807) is 60.3 Å². The smallest absolute Gasteiger partial charge is 0.249 e. The van der Waals surface area contributed by atoms with Gasteiger partial charge in [-0.25, -0.2) is 0 Å². The van der Waals surface area contributed by atoms with Crippen LogP contribution in [0.3, 0.4) is 0 Å². The molecule has 3 rings (SSSR count). The van der Waals surface area contributed by atoms with Gasteiger partial charge in [-0.05, 0) is 37.7 Å². The number of hydrogen-bond acceptors (Lipinski definition) is 4. The Morgan fingerprint density at radius 1 is 1.36 bits per heavy atom. The highest BCUT2D eigenvalue weighted by atomic mass is 35.5. The van der Waals surface area contributed by atoms with Crippen molar-refractivity contribution >= 4 is 29.1 Å². The Kier molecular flexibility index (Phi) is 5.06. The number of benzene rings is 1. The largest absolute Gasteiger partial charge is 0.343 e. The number of aryl methyl sites for hydroxylation is 1. The molecule has 132 valence electrons. The second-order valence-electron chi connectivity index (χ2n) is 5.99. The van der Waals surface area contributed by atoms with Crippen molar-refractivity contribution in [2.45, 2.75) is 18.5 Å². The highest BCUT2D eigenvalue weighted by molar-refractivity contribution is 6.30. The van der Waals surface area contributed by atoms with Crippen LogP contribution in [-0.4, -0.2) is 41.2 Å². The molecule has 0 spiro atoms. The van der Waals surface area contributed by atoms with Gasteiger partial charge >= 0.3 is 0 Å². The molecule has 8 heteroatoms. The SMILES string of the molecule is CNC(C(=O)NC1CCN(c2ccc(Cl)cc2)C1=O)c1cnn(C)c1. The number of hydrogen-bond donors (Lipinski definition) is 2. The van der Waals surface area contributed by atoms with E-state index in [9.17, 15) is 9.59 Å². The monoisotopic (exact) mass is 361 g/mol. The maximum absolute atomic E-state index is 12.6. The molecule has 2 heterocycles. The highest BCUT2D eigenvalue weighted by Gasteiger charge is 2.35. The van der Waals surface area contributed by atoms with E-state index in [2.05, 4.69) is 15.7 Å².